The van der Waals surface area contributed by atoms with Crippen molar-refractivity contribution in [1.29, 1.82) is 0 Å². The van der Waals surface area contributed by atoms with Crippen molar-refractivity contribution >= 4 is 12.1 Å². The van der Waals surface area contributed by atoms with E-state index >= 15 is 0 Å². The highest BCUT2D eigenvalue weighted by molar-refractivity contribution is 5.86. The van der Waals surface area contributed by atoms with Gasteiger partial charge in [-0.1, -0.05) is 6.92 Å². The van der Waals surface area contributed by atoms with E-state index in [0.717, 1.165) is 12.7 Å². The maximum absolute atomic E-state index is 10.7. The Morgan fingerprint density at radius 2 is 2.33 bits per heavy atom. The third-order valence-corrected chi connectivity index (χ3v) is 1.86. The Morgan fingerprint density at radius 1 is 1.67 bits per heavy atom. The highest BCUT2D eigenvalue weighted by Crippen LogP contribution is 2.32. The summed E-state index contributed by atoms with van der Waals surface area (Å²) in [4.78, 5) is 21.0. The minimum Gasteiger partial charge on any atom is -0.303 e. The third kappa shape index (κ3) is 1.18. The predicted octanol–water partition coefficient (Wildman–Crippen LogP) is 0.945. The Kier molecular flexibility index (Phi) is 1.39. The van der Waals surface area contributed by atoms with Gasteiger partial charge in [-0.15, -0.1) is 0 Å². The fraction of sp³-hybridized carbons (Fsp3) is 0.714. The summed E-state index contributed by atoms with van der Waals surface area (Å²) in [5.41, 5.74) is -0.322. The van der Waals surface area contributed by atoms with Crippen molar-refractivity contribution in [3.05, 3.63) is 0 Å². The molecule has 0 spiro atoms. The summed E-state index contributed by atoms with van der Waals surface area (Å²) in [5, 5.41) is 0. The van der Waals surface area contributed by atoms with Crippen LogP contribution in [0.4, 0.5) is 0 Å². The summed E-state index contributed by atoms with van der Waals surface area (Å²) in [6.45, 7) is 1.84. The number of hydrogen-bond acceptors (Lipinski definition) is 2. The molecule has 0 aromatic heterocycles. The van der Waals surface area contributed by atoms with Gasteiger partial charge in [-0.2, -0.15) is 0 Å². The molecule has 1 unspecified atom stereocenters. The second-order valence-electron chi connectivity index (χ2n) is 2.99. The molecule has 1 aliphatic rings. The van der Waals surface area contributed by atoms with Crippen LogP contribution < -0.4 is 0 Å². The molecule has 1 saturated carbocycles. The Balaban J connectivity index is 2.65. The van der Waals surface area contributed by atoms with Gasteiger partial charge in [0.1, 0.15) is 12.1 Å². The maximum Gasteiger partial charge on any atom is 0.133 e. The Labute approximate surface area is 54.2 Å². The molecule has 1 aliphatic carbocycles. The number of carbonyl (C=O) groups excluding carboxylic acids is 2. The van der Waals surface area contributed by atoms with Gasteiger partial charge in [0.2, 0.25) is 0 Å². The quantitative estimate of drug-likeness (QED) is 0.490. The van der Waals surface area contributed by atoms with Crippen LogP contribution in [0.15, 0.2) is 0 Å². The van der Waals surface area contributed by atoms with Gasteiger partial charge < -0.3 is 4.79 Å². The van der Waals surface area contributed by atoms with Crippen LogP contribution in [0.2, 0.25) is 0 Å². The van der Waals surface area contributed by atoms with Crippen molar-refractivity contribution in [2.24, 2.45) is 5.41 Å². The van der Waals surface area contributed by atoms with Crippen LogP contribution >= 0.6 is 0 Å². The highest BCUT2D eigenvalue weighted by atomic mass is 16.1. The fourth-order valence-electron chi connectivity index (χ4n) is 1.15. The van der Waals surface area contributed by atoms with E-state index in [4.69, 9.17) is 0 Å². The lowest BCUT2D eigenvalue weighted by Crippen LogP contribution is -2.12. The molecule has 9 heavy (non-hydrogen) atoms. The monoisotopic (exact) mass is 126 g/mol. The molecule has 1 atom stereocenters. The number of Topliss-reactive ketones (excluding diaryl/α,β-unsaturated/α-hetero) is 1. The lowest BCUT2D eigenvalue weighted by atomic mass is 9.91. The lowest BCUT2D eigenvalue weighted by molar-refractivity contribution is -0.121. The SMILES string of the molecule is CC1(C=O)CCC(=O)C1. The molecule has 0 radical (unpaired) electrons. The summed E-state index contributed by atoms with van der Waals surface area (Å²) in [6, 6.07) is 0. The van der Waals surface area contributed by atoms with Crippen LogP contribution in [0.5, 0.6) is 0 Å². The zero-order valence-corrected chi connectivity index (χ0v) is 5.52. The van der Waals surface area contributed by atoms with Crippen molar-refractivity contribution in [2.45, 2.75) is 26.2 Å². The van der Waals surface area contributed by atoms with Gasteiger partial charge in [0.25, 0.3) is 0 Å². The average molecular weight is 126 g/mol. The molecule has 0 bridgehead atoms. The van der Waals surface area contributed by atoms with Crippen LogP contribution in [-0.4, -0.2) is 12.1 Å². The van der Waals surface area contributed by atoms with E-state index in [1.165, 1.54) is 0 Å². The first-order valence-corrected chi connectivity index (χ1v) is 3.14. The first kappa shape index (κ1) is 6.46. The Morgan fingerprint density at radius 3 is 2.56 bits per heavy atom. The molecule has 0 aromatic rings. The van der Waals surface area contributed by atoms with E-state index in [0.29, 0.717) is 12.8 Å². The van der Waals surface area contributed by atoms with Crippen LogP contribution in [0, 0.1) is 5.41 Å². The van der Waals surface area contributed by atoms with Gasteiger partial charge >= 0.3 is 0 Å². The number of aldehydes is 1. The molecular formula is C7H10O2. The van der Waals surface area contributed by atoms with E-state index in [1.54, 1.807) is 0 Å². The smallest absolute Gasteiger partial charge is 0.133 e. The molecule has 1 fully saturated rings. The maximum atomic E-state index is 10.7. The zero-order chi connectivity index (χ0) is 6.91. The van der Waals surface area contributed by atoms with Crippen LogP contribution in [0.3, 0.4) is 0 Å². The van der Waals surface area contributed by atoms with Crippen molar-refractivity contribution in [2.75, 3.05) is 0 Å². The standard InChI is InChI=1S/C7H10O2/c1-7(5-8)3-2-6(9)4-7/h5H,2-4H2,1H3. The molecule has 2 heteroatoms. The van der Waals surface area contributed by atoms with Gasteiger partial charge in [0, 0.05) is 18.3 Å². The Hall–Kier alpha value is -0.660. The zero-order valence-electron chi connectivity index (χ0n) is 5.52. The van der Waals surface area contributed by atoms with Crippen molar-refractivity contribution in [3.63, 3.8) is 0 Å². The topological polar surface area (TPSA) is 34.1 Å². The summed E-state index contributed by atoms with van der Waals surface area (Å²) < 4.78 is 0. The van der Waals surface area contributed by atoms with E-state index < -0.39 is 0 Å². The van der Waals surface area contributed by atoms with E-state index in [-0.39, 0.29) is 11.2 Å². The van der Waals surface area contributed by atoms with E-state index in [1.807, 2.05) is 6.92 Å². The lowest BCUT2D eigenvalue weighted by Gasteiger charge is -2.10. The number of ketones is 1. The second kappa shape index (κ2) is 1.94. The van der Waals surface area contributed by atoms with Gasteiger partial charge in [-0.05, 0) is 6.42 Å². The molecule has 0 aromatic carbocycles. The normalized spacial score (nSPS) is 35.0. The molecule has 0 amide bonds. The number of hydrogen-bond donors (Lipinski definition) is 0. The van der Waals surface area contributed by atoms with E-state index in [9.17, 15) is 9.59 Å². The summed E-state index contributed by atoms with van der Waals surface area (Å²) in [6.07, 6.45) is 2.69. The fourth-order valence-corrected chi connectivity index (χ4v) is 1.15. The average Bonchev–Trinajstić information content (AvgIpc) is 2.13. The Bertz CT molecular complexity index is 151. The molecule has 50 valence electrons. The molecule has 2 nitrogen and oxygen atoms in total. The molecule has 0 N–H and O–H groups in total. The summed E-state index contributed by atoms with van der Waals surface area (Å²) in [5.74, 6) is 0.226. The predicted molar refractivity (Wildman–Crippen MR) is 33.0 cm³/mol. The molecular weight excluding hydrogens is 116 g/mol. The largest absolute Gasteiger partial charge is 0.303 e. The summed E-state index contributed by atoms with van der Waals surface area (Å²) >= 11 is 0. The van der Waals surface area contributed by atoms with E-state index in [2.05, 4.69) is 0 Å². The minimum absolute atomic E-state index is 0.226. The first-order valence-electron chi connectivity index (χ1n) is 3.14. The van der Waals surface area contributed by atoms with Crippen molar-refractivity contribution in [3.8, 4) is 0 Å². The number of carbonyl (C=O) groups is 2. The van der Waals surface area contributed by atoms with Crippen LogP contribution in [-0.2, 0) is 9.59 Å². The molecule has 0 aliphatic heterocycles. The van der Waals surface area contributed by atoms with Crippen molar-refractivity contribution < 1.29 is 9.59 Å². The third-order valence-electron chi connectivity index (χ3n) is 1.86. The number of rotatable bonds is 1. The first-order chi connectivity index (χ1) is 4.16. The molecule has 0 heterocycles. The van der Waals surface area contributed by atoms with Gasteiger partial charge in [-0.3, -0.25) is 4.79 Å². The second-order valence-corrected chi connectivity index (χ2v) is 2.99. The van der Waals surface area contributed by atoms with Crippen LogP contribution in [0.25, 0.3) is 0 Å². The van der Waals surface area contributed by atoms with Gasteiger partial charge in [0.05, 0.1) is 0 Å². The highest BCUT2D eigenvalue weighted by Gasteiger charge is 2.33. The minimum atomic E-state index is -0.322. The molecule has 0 saturated heterocycles. The van der Waals surface area contributed by atoms with Crippen LogP contribution in [0.1, 0.15) is 26.2 Å². The van der Waals surface area contributed by atoms with Crippen molar-refractivity contribution in [1.82, 2.24) is 0 Å². The van der Waals surface area contributed by atoms with Gasteiger partial charge in [-0.25, -0.2) is 0 Å². The molecule has 1 rings (SSSR count). The van der Waals surface area contributed by atoms with Gasteiger partial charge in [0.15, 0.2) is 0 Å². The summed E-state index contributed by atoms with van der Waals surface area (Å²) in [7, 11) is 0.